The van der Waals surface area contributed by atoms with Gasteiger partial charge in [0.1, 0.15) is 0 Å². The molecule has 0 spiro atoms. The first-order chi connectivity index (χ1) is 1.00. The van der Waals surface area contributed by atoms with Gasteiger partial charge in [0.2, 0.25) is 0 Å². The van der Waals surface area contributed by atoms with Gasteiger partial charge in [-0.05, 0) is 0 Å². The third-order valence-electron chi connectivity index (χ3n) is 0. The van der Waals surface area contributed by atoms with Crippen LogP contribution in [0.3, 0.4) is 0 Å². The van der Waals surface area contributed by atoms with Gasteiger partial charge in [-0.2, -0.15) is 0 Å². The van der Waals surface area contributed by atoms with Crippen molar-refractivity contribution in [1.29, 1.82) is 0 Å². The molecule has 0 saturated heterocycles. The molecule has 0 heterocycles. The maximum atomic E-state index is 8.19. The molecule has 0 fully saturated rings. The van der Waals surface area contributed by atoms with Crippen molar-refractivity contribution in [3.8, 4) is 0 Å². The minimum atomic E-state index is 0. The number of hydrogen-bond donors (Lipinski definition) is 0. The molecule has 4 heteroatoms. The fourth-order valence-corrected chi connectivity index (χ4v) is 0. The summed E-state index contributed by atoms with van der Waals surface area (Å²) in [5.74, 6) is 0. The van der Waals surface area contributed by atoms with Crippen molar-refractivity contribution in [1.82, 2.24) is 0 Å². The fraction of sp³-hybridized carbons (Fsp3) is 0. The Morgan fingerprint density at radius 2 is 1.00 bits per heavy atom. The molecule has 1 nitrogen and oxygen atoms in total. The molecule has 0 bridgehead atoms. The van der Waals surface area contributed by atoms with Crippen LogP contribution in [0, 0.1) is 0 Å². The summed E-state index contributed by atoms with van der Waals surface area (Å²) in [6.45, 7) is 0. The molecule has 0 aliphatic heterocycles. The van der Waals surface area contributed by atoms with Crippen LogP contribution in [0.2, 0.25) is 0 Å². The minimum absolute atomic E-state index is 0. The van der Waals surface area contributed by atoms with Crippen LogP contribution in [-0.2, 0) is 21.0 Å². The van der Waals surface area contributed by atoms with Crippen molar-refractivity contribution in [2.45, 2.75) is 0 Å². The van der Waals surface area contributed by atoms with Gasteiger partial charge in [-0.15, -0.1) is 0 Å². The van der Waals surface area contributed by atoms with E-state index in [0.717, 1.165) is 17.4 Å². The van der Waals surface area contributed by atoms with Gasteiger partial charge < -0.3 is 0 Å². The van der Waals surface area contributed by atoms with Gasteiger partial charge >= 0.3 is 21.0 Å². The van der Waals surface area contributed by atoms with Crippen LogP contribution < -0.4 is 0 Å². The molecular weight excluding hydrogens is 145 g/mol. The van der Waals surface area contributed by atoms with Crippen LogP contribution in [0.1, 0.15) is 0 Å². The Kier molecular flexibility index (Phi) is 62.3. The third-order valence-corrected chi connectivity index (χ3v) is 0. The molecule has 0 atom stereocenters. The van der Waals surface area contributed by atoms with Gasteiger partial charge in [-0.25, -0.2) is 0 Å². The zero-order chi connectivity index (χ0) is 2.00. The number of hydrogen-bond acceptors (Lipinski definition) is 1. The molecule has 2 radical (unpaired) electrons. The zero-order valence-corrected chi connectivity index (χ0v) is 10.5. The van der Waals surface area contributed by atoms with Crippen LogP contribution in [0.4, 0.5) is 0 Å². The molecule has 0 rings (SSSR count). The van der Waals surface area contributed by atoms with E-state index in [1.807, 2.05) is 0 Å². The fourth-order valence-electron chi connectivity index (χ4n) is 0. The Morgan fingerprint density at radius 1 is 1.00 bits per heavy atom. The van der Waals surface area contributed by atoms with E-state index in [2.05, 4.69) is 0 Å². The molecule has 0 saturated carbocycles. The Bertz CT molecular complexity index is 6.00. The van der Waals surface area contributed by atoms with Gasteiger partial charge in [0, 0.05) is 103 Å². The van der Waals surface area contributed by atoms with Crippen molar-refractivity contribution < 1.29 is 21.0 Å². The van der Waals surface area contributed by atoms with Gasteiger partial charge in [0.15, 0.2) is 0 Å². The van der Waals surface area contributed by atoms with E-state index in [4.69, 9.17) is 3.67 Å². The zero-order valence-electron chi connectivity index (χ0n) is 2.86. The van der Waals surface area contributed by atoms with Crippen LogP contribution in [0.5, 0.6) is 0 Å². The average molecular weight is 145 g/mol. The molecule has 0 amide bonds. The van der Waals surface area contributed by atoms with Crippen molar-refractivity contribution in [2.75, 3.05) is 0 Å². The third kappa shape index (κ3) is 9.17. The van der Waals surface area contributed by atoms with Gasteiger partial charge in [0.25, 0.3) is 0 Å². The normalized spacial score (nSPS) is 0.750. The summed E-state index contributed by atoms with van der Waals surface area (Å²) in [6, 6.07) is 0. The van der Waals surface area contributed by atoms with E-state index in [0.29, 0.717) is 0 Å². The summed E-state index contributed by atoms with van der Waals surface area (Å²) in [7, 11) is 0. The van der Waals surface area contributed by atoms with Crippen LogP contribution in [0.25, 0.3) is 0 Å². The Balaban J connectivity index is -0.00000000500. The van der Waals surface area contributed by atoms with E-state index < -0.39 is 0 Å². The molecule has 0 unspecified atom stereocenters. The molecule has 0 N–H and O–H groups in total. The van der Waals surface area contributed by atoms with Crippen LogP contribution >= 0.6 is 0 Å². The quantitative estimate of drug-likeness (QED) is 0.404. The molecule has 0 aliphatic rings. The van der Waals surface area contributed by atoms with E-state index in [-0.39, 0.29) is 103 Å². The van der Waals surface area contributed by atoms with Crippen molar-refractivity contribution in [3.05, 3.63) is 0 Å². The van der Waals surface area contributed by atoms with Gasteiger partial charge in [0.05, 0.1) is 0 Å². The van der Waals surface area contributed by atoms with E-state index in [1.165, 1.54) is 0 Å². The second-order valence-electron chi connectivity index (χ2n) is 0. The molecule has 0 aliphatic carbocycles. The van der Waals surface area contributed by atoms with Crippen molar-refractivity contribution in [2.24, 2.45) is 0 Å². The maximum absolute atomic E-state index is 8.19. The summed E-state index contributed by atoms with van der Waals surface area (Å²) < 4.78 is 8.19. The topological polar surface area (TPSA) is 17.1 Å². The predicted molar refractivity (Wildman–Crippen MR) is 12.2 cm³/mol. The predicted octanol–water partition coefficient (Wildman–Crippen LogP) is -0.883. The van der Waals surface area contributed by atoms with Crippen molar-refractivity contribution in [3.63, 3.8) is 0 Å². The molecule has 0 aromatic carbocycles. The second kappa shape index (κ2) is 15.9. The summed E-state index contributed by atoms with van der Waals surface area (Å²) in [4.78, 5) is 0. The summed E-state index contributed by atoms with van der Waals surface area (Å²) >= 11 is 1.06. The van der Waals surface area contributed by atoms with Crippen LogP contribution in [-0.4, -0.2) is 103 Å². The van der Waals surface area contributed by atoms with E-state index >= 15 is 0 Å². The average Bonchev–Trinajstić information content (AvgIpc) is 1.00. The molecule has 0 aromatic heterocycles. The molecule has 13 valence electrons. The molecular formula is K2OV. The Labute approximate surface area is 120 Å². The van der Waals surface area contributed by atoms with Crippen LogP contribution in [0.15, 0.2) is 0 Å². The van der Waals surface area contributed by atoms with E-state index in [9.17, 15) is 0 Å². The Hall–Kier alpha value is 3.66. The van der Waals surface area contributed by atoms with E-state index in [1.54, 1.807) is 0 Å². The summed E-state index contributed by atoms with van der Waals surface area (Å²) in [5.41, 5.74) is 0. The molecule has 0 aromatic rings. The first-order valence-electron chi connectivity index (χ1n) is 0.183. The second-order valence-corrected chi connectivity index (χ2v) is 0. The van der Waals surface area contributed by atoms with Gasteiger partial charge in [-0.1, -0.05) is 0 Å². The molecule has 4 heavy (non-hydrogen) atoms. The summed E-state index contributed by atoms with van der Waals surface area (Å²) in [6.07, 6.45) is 0. The monoisotopic (exact) mass is 145 g/mol. The SMILES string of the molecule is [K].[K].[O]=[V]. The van der Waals surface area contributed by atoms with Crippen molar-refractivity contribution >= 4 is 103 Å². The Morgan fingerprint density at radius 3 is 1.00 bits per heavy atom. The first-order valence-corrected chi connectivity index (χ1v) is 0.753. The number of rotatable bonds is 0. The standard InChI is InChI=1S/2K.O.V. The first kappa shape index (κ1) is 15.6. The van der Waals surface area contributed by atoms with Gasteiger partial charge in [-0.3, -0.25) is 0 Å². The summed E-state index contributed by atoms with van der Waals surface area (Å²) in [5, 5.41) is 0.